The number of hydrogen-bond donors (Lipinski definition) is 1. The number of amides is 1. The molecule has 0 fully saturated rings. The summed E-state index contributed by atoms with van der Waals surface area (Å²) in [6, 6.07) is 5.06. The zero-order valence-corrected chi connectivity index (χ0v) is 18.0. The summed E-state index contributed by atoms with van der Waals surface area (Å²) < 4.78 is 40.7. The van der Waals surface area contributed by atoms with Gasteiger partial charge in [-0.2, -0.15) is 18.3 Å². The lowest BCUT2D eigenvalue weighted by atomic mass is 9.99. The van der Waals surface area contributed by atoms with Gasteiger partial charge < -0.3 is 5.32 Å². The van der Waals surface area contributed by atoms with Crippen LogP contribution in [0.3, 0.4) is 0 Å². The van der Waals surface area contributed by atoms with E-state index in [-0.39, 0.29) is 5.91 Å². The molecule has 2 heterocycles. The Morgan fingerprint density at radius 2 is 2.00 bits per heavy atom. The van der Waals surface area contributed by atoms with Crippen LogP contribution in [0, 0.1) is 12.8 Å². The van der Waals surface area contributed by atoms with Crippen LogP contribution in [0.25, 0.3) is 16.8 Å². The average Bonchev–Trinajstić information content (AvgIpc) is 3.18. The van der Waals surface area contributed by atoms with Crippen LogP contribution >= 0.6 is 0 Å². The molecule has 1 atom stereocenters. The summed E-state index contributed by atoms with van der Waals surface area (Å²) in [7, 11) is 0. The lowest BCUT2D eigenvalue weighted by Gasteiger charge is -2.16. The predicted molar refractivity (Wildman–Crippen MR) is 114 cm³/mol. The van der Waals surface area contributed by atoms with Crippen molar-refractivity contribution in [3.8, 4) is 11.1 Å². The van der Waals surface area contributed by atoms with Crippen molar-refractivity contribution in [1.29, 1.82) is 0 Å². The molecule has 3 aromatic rings. The first-order valence-electron chi connectivity index (χ1n) is 10.5. The van der Waals surface area contributed by atoms with Gasteiger partial charge in [0.25, 0.3) is 5.91 Å². The summed E-state index contributed by atoms with van der Waals surface area (Å²) >= 11 is 0. The van der Waals surface area contributed by atoms with Crippen molar-refractivity contribution in [1.82, 2.24) is 19.9 Å². The summed E-state index contributed by atoms with van der Waals surface area (Å²) in [5.74, 6) is 0.205. The lowest BCUT2D eigenvalue weighted by molar-refractivity contribution is -0.137. The third-order valence-electron chi connectivity index (χ3n) is 5.61. The Labute approximate surface area is 179 Å². The molecule has 1 aromatic carbocycles. The fraction of sp³-hybridized carbons (Fsp3) is 0.435. The van der Waals surface area contributed by atoms with Gasteiger partial charge in [0.15, 0.2) is 5.65 Å². The van der Waals surface area contributed by atoms with E-state index in [0.717, 1.165) is 37.8 Å². The van der Waals surface area contributed by atoms with Gasteiger partial charge in [-0.3, -0.25) is 4.79 Å². The fourth-order valence-corrected chi connectivity index (χ4v) is 3.61. The molecule has 1 unspecified atom stereocenters. The largest absolute Gasteiger partial charge is 0.416 e. The molecule has 0 spiro atoms. The van der Waals surface area contributed by atoms with Crippen molar-refractivity contribution in [2.45, 2.75) is 52.6 Å². The topological polar surface area (TPSA) is 59.3 Å². The summed E-state index contributed by atoms with van der Waals surface area (Å²) in [6.07, 6.45) is 2.83. The Kier molecular flexibility index (Phi) is 6.97. The Morgan fingerprint density at radius 3 is 2.68 bits per heavy atom. The molecule has 0 bridgehead atoms. The van der Waals surface area contributed by atoms with E-state index in [1.807, 2.05) is 0 Å². The van der Waals surface area contributed by atoms with E-state index < -0.39 is 11.7 Å². The van der Waals surface area contributed by atoms with Crippen LogP contribution in [0.15, 0.2) is 36.7 Å². The van der Waals surface area contributed by atoms with E-state index >= 15 is 0 Å². The van der Waals surface area contributed by atoms with E-state index in [9.17, 15) is 18.0 Å². The van der Waals surface area contributed by atoms with Gasteiger partial charge in [-0.15, -0.1) is 0 Å². The number of unbranched alkanes of at least 4 members (excludes halogenated alkanes) is 1. The van der Waals surface area contributed by atoms with E-state index in [1.54, 1.807) is 13.0 Å². The first-order valence-corrected chi connectivity index (χ1v) is 10.5. The summed E-state index contributed by atoms with van der Waals surface area (Å²) in [5, 5.41) is 7.26. The first-order chi connectivity index (χ1) is 14.8. The maximum absolute atomic E-state index is 13.1. The highest BCUT2D eigenvalue weighted by atomic mass is 19.4. The number of nitrogens with one attached hydrogen (secondary N) is 1. The van der Waals surface area contributed by atoms with Crippen molar-refractivity contribution in [2.24, 2.45) is 5.92 Å². The second-order valence-corrected chi connectivity index (χ2v) is 7.76. The van der Waals surface area contributed by atoms with Crippen molar-refractivity contribution in [2.75, 3.05) is 6.54 Å². The van der Waals surface area contributed by atoms with Crippen LogP contribution in [0.2, 0.25) is 0 Å². The fourth-order valence-electron chi connectivity index (χ4n) is 3.61. The lowest BCUT2D eigenvalue weighted by Crippen LogP contribution is -2.30. The molecule has 2 aromatic heterocycles. The van der Waals surface area contributed by atoms with Gasteiger partial charge in [-0.25, -0.2) is 9.50 Å². The van der Waals surface area contributed by atoms with Crippen LogP contribution in [0.1, 0.15) is 61.1 Å². The van der Waals surface area contributed by atoms with Gasteiger partial charge >= 0.3 is 6.18 Å². The highest BCUT2D eigenvalue weighted by Gasteiger charge is 2.30. The maximum atomic E-state index is 13.1. The smallest absolute Gasteiger partial charge is 0.352 e. The molecule has 8 heteroatoms. The number of rotatable bonds is 8. The molecule has 5 nitrogen and oxygen atoms in total. The predicted octanol–water partition coefficient (Wildman–Crippen LogP) is 5.67. The molecule has 166 valence electrons. The quantitative estimate of drug-likeness (QED) is 0.499. The Morgan fingerprint density at radius 1 is 1.23 bits per heavy atom. The van der Waals surface area contributed by atoms with Gasteiger partial charge in [0.1, 0.15) is 0 Å². The molecule has 0 aliphatic carbocycles. The van der Waals surface area contributed by atoms with Gasteiger partial charge in [-0.1, -0.05) is 45.2 Å². The Bertz CT molecular complexity index is 1060. The van der Waals surface area contributed by atoms with Crippen LogP contribution < -0.4 is 5.32 Å². The SMILES string of the molecule is CCCCC(CC)CNC(=O)c1cnc2c(-c3cccc(C(F)(F)F)c3)cnn2c1C. The number of nitrogens with zero attached hydrogens (tertiary/aromatic N) is 3. The van der Waals surface area contributed by atoms with Gasteiger partial charge in [0, 0.05) is 18.3 Å². The molecule has 3 rings (SSSR count). The van der Waals surface area contributed by atoms with Gasteiger partial charge in [0.05, 0.1) is 23.0 Å². The molecular formula is C23H27F3N4O. The normalized spacial score (nSPS) is 12.8. The summed E-state index contributed by atoms with van der Waals surface area (Å²) in [4.78, 5) is 17.1. The van der Waals surface area contributed by atoms with E-state index in [0.29, 0.717) is 40.5 Å². The van der Waals surface area contributed by atoms with Crippen molar-refractivity contribution >= 4 is 11.6 Å². The minimum atomic E-state index is -4.43. The number of aryl methyl sites for hydroxylation is 1. The molecule has 31 heavy (non-hydrogen) atoms. The molecule has 0 saturated carbocycles. The minimum absolute atomic E-state index is 0.224. The molecule has 0 aliphatic rings. The number of alkyl halides is 3. The van der Waals surface area contributed by atoms with Crippen LogP contribution in [-0.2, 0) is 6.18 Å². The average molecular weight is 432 g/mol. The van der Waals surface area contributed by atoms with Crippen molar-refractivity contribution < 1.29 is 18.0 Å². The van der Waals surface area contributed by atoms with E-state index in [2.05, 4.69) is 29.2 Å². The van der Waals surface area contributed by atoms with Crippen molar-refractivity contribution in [3.05, 3.63) is 53.5 Å². The zero-order chi connectivity index (χ0) is 22.6. The number of carbonyl (C=O) groups is 1. The third kappa shape index (κ3) is 5.06. The van der Waals surface area contributed by atoms with Gasteiger partial charge in [0.2, 0.25) is 0 Å². The maximum Gasteiger partial charge on any atom is 0.416 e. The number of halogens is 3. The number of hydrogen-bond acceptors (Lipinski definition) is 3. The molecule has 1 N–H and O–H groups in total. The summed E-state index contributed by atoms with van der Waals surface area (Å²) in [6.45, 7) is 6.61. The van der Waals surface area contributed by atoms with E-state index in [1.165, 1.54) is 23.0 Å². The highest BCUT2D eigenvalue weighted by Crippen LogP contribution is 2.33. The number of aromatic nitrogens is 3. The second kappa shape index (κ2) is 9.49. The highest BCUT2D eigenvalue weighted by molar-refractivity contribution is 5.95. The Hall–Kier alpha value is -2.90. The molecule has 0 saturated heterocycles. The number of carbonyl (C=O) groups excluding carboxylic acids is 1. The van der Waals surface area contributed by atoms with Crippen molar-refractivity contribution in [3.63, 3.8) is 0 Å². The first kappa shape index (κ1) is 22.8. The summed E-state index contributed by atoms with van der Waals surface area (Å²) in [5.41, 5.74) is 1.51. The monoisotopic (exact) mass is 432 g/mol. The molecule has 0 radical (unpaired) electrons. The van der Waals surface area contributed by atoms with Gasteiger partial charge in [-0.05, 0) is 37.0 Å². The molecule has 1 amide bonds. The number of fused-ring (bicyclic) bond motifs is 1. The molecule has 0 aliphatic heterocycles. The zero-order valence-electron chi connectivity index (χ0n) is 18.0. The Balaban J connectivity index is 1.85. The minimum Gasteiger partial charge on any atom is -0.352 e. The standard InChI is InChI=1S/C23H27F3N4O/c1-4-6-8-16(5-2)12-28-22(31)19-13-27-21-20(14-29-30(21)15(19)3)17-9-7-10-18(11-17)23(24,25)26/h7,9-11,13-14,16H,4-6,8,12H2,1-3H3,(H,28,31). The van der Waals surface area contributed by atoms with Crippen LogP contribution in [0.4, 0.5) is 13.2 Å². The van der Waals surface area contributed by atoms with Crippen LogP contribution in [0.5, 0.6) is 0 Å². The van der Waals surface area contributed by atoms with E-state index in [4.69, 9.17) is 0 Å². The molecular weight excluding hydrogens is 405 g/mol. The number of benzene rings is 1. The van der Waals surface area contributed by atoms with Crippen LogP contribution in [-0.4, -0.2) is 27.0 Å². The third-order valence-corrected chi connectivity index (χ3v) is 5.61. The second-order valence-electron chi connectivity index (χ2n) is 7.76.